The lowest BCUT2D eigenvalue weighted by Gasteiger charge is -2.03. The van der Waals surface area contributed by atoms with Gasteiger partial charge in [-0.2, -0.15) is 0 Å². The standard InChI is InChI=1S/C3H9N5/c4-6-7-8-2-1-5-3-8/h5H,1-3H2,(H2,4,7). The zero-order chi connectivity index (χ0) is 5.82. The summed E-state index contributed by atoms with van der Waals surface area (Å²) in [6.45, 7) is 2.64. The molecule has 1 saturated heterocycles. The third kappa shape index (κ3) is 1.06. The first-order valence-corrected chi connectivity index (χ1v) is 2.50. The minimum Gasteiger partial charge on any atom is -0.303 e. The average Bonchev–Trinajstić information content (AvgIpc) is 2.19. The van der Waals surface area contributed by atoms with Crippen LogP contribution in [0.4, 0.5) is 0 Å². The molecule has 1 heterocycles. The molecule has 8 heavy (non-hydrogen) atoms. The molecule has 0 aromatic rings. The van der Waals surface area contributed by atoms with E-state index in [1.165, 1.54) is 0 Å². The van der Waals surface area contributed by atoms with Crippen molar-refractivity contribution in [1.29, 1.82) is 0 Å². The Labute approximate surface area is 47.5 Å². The molecule has 0 radical (unpaired) electrons. The molecule has 1 aliphatic rings. The first kappa shape index (κ1) is 5.30. The summed E-state index contributed by atoms with van der Waals surface area (Å²) < 4.78 is 0. The van der Waals surface area contributed by atoms with Gasteiger partial charge in [0.15, 0.2) is 0 Å². The number of hydrogen-bond donors (Lipinski definition) is 2. The zero-order valence-electron chi connectivity index (χ0n) is 4.54. The van der Waals surface area contributed by atoms with Gasteiger partial charge in [0.1, 0.15) is 0 Å². The fourth-order valence-corrected chi connectivity index (χ4v) is 0.645. The predicted molar refractivity (Wildman–Crippen MR) is 28.6 cm³/mol. The van der Waals surface area contributed by atoms with E-state index in [9.17, 15) is 0 Å². The molecule has 5 nitrogen and oxygen atoms in total. The van der Waals surface area contributed by atoms with Crippen LogP contribution in [0.2, 0.25) is 0 Å². The summed E-state index contributed by atoms with van der Waals surface area (Å²) in [7, 11) is 0. The van der Waals surface area contributed by atoms with Crippen molar-refractivity contribution in [2.75, 3.05) is 19.8 Å². The largest absolute Gasteiger partial charge is 0.303 e. The maximum Gasteiger partial charge on any atom is 0.0873 e. The Kier molecular flexibility index (Phi) is 1.63. The van der Waals surface area contributed by atoms with Crippen LogP contribution in [0.3, 0.4) is 0 Å². The van der Waals surface area contributed by atoms with Gasteiger partial charge in [-0.15, -0.1) is 0 Å². The average molecular weight is 115 g/mol. The molecular formula is C3H9N5. The third-order valence-corrected chi connectivity index (χ3v) is 1.02. The first-order chi connectivity index (χ1) is 3.93. The van der Waals surface area contributed by atoms with Crippen molar-refractivity contribution in [1.82, 2.24) is 10.3 Å². The van der Waals surface area contributed by atoms with Crippen molar-refractivity contribution in [2.45, 2.75) is 0 Å². The van der Waals surface area contributed by atoms with Gasteiger partial charge in [0.25, 0.3) is 0 Å². The van der Waals surface area contributed by atoms with Crippen molar-refractivity contribution < 1.29 is 0 Å². The molecule has 1 aliphatic heterocycles. The van der Waals surface area contributed by atoms with Gasteiger partial charge in [0.2, 0.25) is 0 Å². The molecule has 5 heteroatoms. The zero-order valence-corrected chi connectivity index (χ0v) is 4.54. The molecule has 0 atom stereocenters. The molecule has 0 aliphatic carbocycles. The van der Waals surface area contributed by atoms with E-state index in [1.54, 1.807) is 5.01 Å². The maximum atomic E-state index is 4.80. The van der Waals surface area contributed by atoms with Crippen molar-refractivity contribution in [3.8, 4) is 0 Å². The molecule has 1 fully saturated rings. The number of hydrogen-bond acceptors (Lipinski definition) is 3. The monoisotopic (exact) mass is 115 g/mol. The molecule has 46 valence electrons. The number of rotatable bonds is 1. The lowest BCUT2D eigenvalue weighted by Crippen LogP contribution is -2.15. The summed E-state index contributed by atoms with van der Waals surface area (Å²) in [5.41, 5.74) is 0. The van der Waals surface area contributed by atoms with E-state index in [0.29, 0.717) is 0 Å². The topological polar surface area (TPSA) is 66.0 Å². The van der Waals surface area contributed by atoms with Crippen molar-refractivity contribution in [2.24, 2.45) is 16.3 Å². The number of nitrogens with zero attached hydrogens (tertiary/aromatic N) is 3. The molecular weight excluding hydrogens is 106 g/mol. The van der Waals surface area contributed by atoms with E-state index in [1.807, 2.05) is 0 Å². The van der Waals surface area contributed by atoms with Crippen LogP contribution in [0.5, 0.6) is 0 Å². The third-order valence-electron chi connectivity index (χ3n) is 1.02. The summed E-state index contributed by atoms with van der Waals surface area (Å²) in [6.07, 6.45) is 0. The summed E-state index contributed by atoms with van der Waals surface area (Å²) in [5.74, 6) is 4.80. The van der Waals surface area contributed by atoms with E-state index >= 15 is 0 Å². The molecule has 0 saturated carbocycles. The van der Waals surface area contributed by atoms with Gasteiger partial charge in [0.05, 0.1) is 13.2 Å². The molecule has 1 rings (SSSR count). The van der Waals surface area contributed by atoms with Crippen LogP contribution >= 0.6 is 0 Å². The van der Waals surface area contributed by atoms with Gasteiger partial charge in [0, 0.05) is 6.54 Å². The number of nitrogens with two attached hydrogens (primary N) is 1. The highest BCUT2D eigenvalue weighted by atomic mass is 15.6. The van der Waals surface area contributed by atoms with Crippen molar-refractivity contribution in [3.05, 3.63) is 0 Å². The van der Waals surface area contributed by atoms with E-state index in [2.05, 4.69) is 15.8 Å². The van der Waals surface area contributed by atoms with Gasteiger partial charge in [-0.1, -0.05) is 10.4 Å². The number of nitrogens with one attached hydrogen (secondary N) is 1. The summed E-state index contributed by atoms with van der Waals surface area (Å²) in [6, 6.07) is 0. The minimum atomic E-state index is 0.765. The molecule has 0 amide bonds. The van der Waals surface area contributed by atoms with E-state index in [-0.39, 0.29) is 0 Å². The van der Waals surface area contributed by atoms with Crippen LogP contribution in [-0.4, -0.2) is 24.8 Å². The molecule has 0 aromatic heterocycles. The maximum absolute atomic E-state index is 4.80. The second-order valence-corrected chi connectivity index (χ2v) is 1.59. The fraction of sp³-hybridized carbons (Fsp3) is 1.00. The lowest BCUT2D eigenvalue weighted by atomic mass is 10.7. The molecule has 0 spiro atoms. The SMILES string of the molecule is N/N=N/N1CCNC1. The summed E-state index contributed by atoms with van der Waals surface area (Å²) in [4.78, 5) is 0. The van der Waals surface area contributed by atoms with Crippen LogP contribution in [0.1, 0.15) is 0 Å². The Morgan fingerprint density at radius 1 is 1.62 bits per heavy atom. The predicted octanol–water partition coefficient (Wildman–Crippen LogP) is -0.910. The van der Waals surface area contributed by atoms with Crippen LogP contribution in [-0.2, 0) is 0 Å². The fourth-order valence-electron chi connectivity index (χ4n) is 0.645. The van der Waals surface area contributed by atoms with Crippen LogP contribution in [0, 0.1) is 0 Å². The Morgan fingerprint density at radius 2 is 2.50 bits per heavy atom. The Balaban J connectivity index is 2.24. The molecule has 0 aromatic carbocycles. The Morgan fingerprint density at radius 3 is 3.00 bits per heavy atom. The Bertz CT molecular complexity index is 83.7. The normalized spacial score (nSPS) is 20.8. The summed E-state index contributed by atoms with van der Waals surface area (Å²) in [5, 5.41) is 11.6. The molecule has 0 bridgehead atoms. The van der Waals surface area contributed by atoms with Crippen LogP contribution in [0.15, 0.2) is 10.4 Å². The van der Waals surface area contributed by atoms with Crippen molar-refractivity contribution >= 4 is 0 Å². The van der Waals surface area contributed by atoms with Gasteiger partial charge in [-0.3, -0.25) is 10.3 Å². The highest BCUT2D eigenvalue weighted by Gasteiger charge is 2.05. The second-order valence-electron chi connectivity index (χ2n) is 1.59. The van der Waals surface area contributed by atoms with E-state index < -0.39 is 0 Å². The van der Waals surface area contributed by atoms with Crippen LogP contribution < -0.4 is 11.2 Å². The van der Waals surface area contributed by atoms with Crippen molar-refractivity contribution in [3.63, 3.8) is 0 Å². The van der Waals surface area contributed by atoms with Gasteiger partial charge < -0.3 is 5.84 Å². The highest BCUT2D eigenvalue weighted by molar-refractivity contribution is 4.58. The van der Waals surface area contributed by atoms with Gasteiger partial charge in [-0.05, 0) is 0 Å². The van der Waals surface area contributed by atoms with Gasteiger partial charge >= 0.3 is 0 Å². The smallest absolute Gasteiger partial charge is 0.0873 e. The second kappa shape index (κ2) is 2.46. The van der Waals surface area contributed by atoms with Crippen LogP contribution in [0.25, 0.3) is 0 Å². The lowest BCUT2D eigenvalue weighted by molar-refractivity contribution is 0.326. The molecule has 0 unspecified atom stereocenters. The minimum absolute atomic E-state index is 0.765. The van der Waals surface area contributed by atoms with E-state index in [0.717, 1.165) is 19.8 Å². The Hall–Kier alpha value is -0.840. The molecule has 3 N–H and O–H groups in total. The van der Waals surface area contributed by atoms with Gasteiger partial charge in [-0.25, -0.2) is 0 Å². The summed E-state index contributed by atoms with van der Waals surface area (Å²) >= 11 is 0. The quantitative estimate of drug-likeness (QED) is 0.264. The highest BCUT2D eigenvalue weighted by Crippen LogP contribution is 1.90. The van der Waals surface area contributed by atoms with E-state index in [4.69, 9.17) is 5.84 Å². The first-order valence-electron chi connectivity index (χ1n) is 2.50.